The second-order valence-electron chi connectivity index (χ2n) is 7.06. The molecule has 0 bridgehead atoms. The van der Waals surface area contributed by atoms with Gasteiger partial charge in [-0.25, -0.2) is 0 Å². The third-order valence-electron chi connectivity index (χ3n) is 5.07. The number of thiophene rings is 1. The van der Waals surface area contributed by atoms with Gasteiger partial charge in [0, 0.05) is 10.4 Å². The van der Waals surface area contributed by atoms with E-state index in [9.17, 15) is 19.8 Å². The summed E-state index contributed by atoms with van der Waals surface area (Å²) in [5, 5.41) is 22.7. The maximum Gasteiger partial charge on any atom is 0.295 e. The number of rotatable bonds is 6. The number of phenols is 1. The van der Waals surface area contributed by atoms with Crippen LogP contribution in [0.2, 0.25) is 0 Å². The Kier molecular flexibility index (Phi) is 5.77. The highest BCUT2D eigenvalue weighted by atomic mass is 32.1. The molecule has 1 amide bonds. The van der Waals surface area contributed by atoms with Crippen molar-refractivity contribution >= 4 is 28.8 Å². The standard InChI is InChI=1S/C24H21NO5S/c1-2-30-18-6-3-5-16(13-18)22(27)20-21(15-8-10-17(26)11-9-15)25(24(29)23(20)28)14-19-7-4-12-31-19/h3-13,21,26-27H,2,14H2,1H3/b22-20-. The Morgan fingerprint density at radius 1 is 1.10 bits per heavy atom. The average molecular weight is 436 g/mol. The van der Waals surface area contributed by atoms with E-state index in [4.69, 9.17) is 4.74 Å². The number of carbonyl (C=O) groups excluding carboxylic acids is 2. The first-order valence-electron chi connectivity index (χ1n) is 9.82. The first kappa shape index (κ1) is 20.7. The lowest BCUT2D eigenvalue weighted by molar-refractivity contribution is -0.140. The molecule has 4 rings (SSSR count). The Labute approximate surface area is 183 Å². The fourth-order valence-electron chi connectivity index (χ4n) is 3.67. The van der Waals surface area contributed by atoms with Crippen LogP contribution >= 0.6 is 11.3 Å². The summed E-state index contributed by atoms with van der Waals surface area (Å²) in [4.78, 5) is 28.4. The third kappa shape index (κ3) is 4.04. The largest absolute Gasteiger partial charge is 0.508 e. The molecule has 2 aromatic carbocycles. The Morgan fingerprint density at radius 2 is 1.87 bits per heavy atom. The van der Waals surface area contributed by atoms with Gasteiger partial charge in [-0.05, 0) is 48.2 Å². The zero-order valence-electron chi connectivity index (χ0n) is 16.8. The first-order valence-corrected chi connectivity index (χ1v) is 10.7. The number of likely N-dealkylation sites (tertiary alicyclic amines) is 1. The van der Waals surface area contributed by atoms with Gasteiger partial charge in [-0.15, -0.1) is 11.3 Å². The summed E-state index contributed by atoms with van der Waals surface area (Å²) in [6, 6.07) is 16.1. The summed E-state index contributed by atoms with van der Waals surface area (Å²) < 4.78 is 5.50. The fraction of sp³-hybridized carbons (Fsp3) is 0.167. The number of benzene rings is 2. The number of aromatic hydroxyl groups is 1. The summed E-state index contributed by atoms with van der Waals surface area (Å²) in [7, 11) is 0. The van der Waals surface area contributed by atoms with E-state index in [2.05, 4.69) is 0 Å². The van der Waals surface area contributed by atoms with Gasteiger partial charge in [0.05, 0.1) is 24.8 Å². The third-order valence-corrected chi connectivity index (χ3v) is 5.93. The summed E-state index contributed by atoms with van der Waals surface area (Å²) in [6.45, 7) is 2.56. The normalized spacial score (nSPS) is 17.8. The van der Waals surface area contributed by atoms with E-state index in [1.54, 1.807) is 36.4 Å². The number of hydrogen-bond acceptors (Lipinski definition) is 6. The molecule has 1 saturated heterocycles. The van der Waals surface area contributed by atoms with Gasteiger partial charge in [-0.3, -0.25) is 9.59 Å². The lowest BCUT2D eigenvalue weighted by Crippen LogP contribution is -2.28. The van der Waals surface area contributed by atoms with Crippen LogP contribution in [0.25, 0.3) is 5.76 Å². The van der Waals surface area contributed by atoms with Gasteiger partial charge in [-0.2, -0.15) is 0 Å². The highest BCUT2D eigenvalue weighted by molar-refractivity contribution is 7.09. The Balaban J connectivity index is 1.84. The smallest absolute Gasteiger partial charge is 0.295 e. The van der Waals surface area contributed by atoms with Crippen molar-refractivity contribution in [3.05, 3.63) is 87.6 Å². The Hall–Kier alpha value is -3.58. The molecule has 1 aliphatic heterocycles. The molecule has 6 nitrogen and oxygen atoms in total. The molecule has 31 heavy (non-hydrogen) atoms. The van der Waals surface area contributed by atoms with Crippen molar-refractivity contribution in [1.29, 1.82) is 0 Å². The van der Waals surface area contributed by atoms with Crippen molar-refractivity contribution in [2.45, 2.75) is 19.5 Å². The molecule has 1 aromatic heterocycles. The monoisotopic (exact) mass is 435 g/mol. The molecule has 1 unspecified atom stereocenters. The van der Waals surface area contributed by atoms with E-state index < -0.39 is 17.7 Å². The van der Waals surface area contributed by atoms with Crippen molar-refractivity contribution in [2.24, 2.45) is 0 Å². The number of carbonyl (C=O) groups is 2. The van der Waals surface area contributed by atoms with Crippen LogP contribution < -0.4 is 4.74 Å². The van der Waals surface area contributed by atoms with E-state index in [0.717, 1.165) is 4.88 Å². The van der Waals surface area contributed by atoms with Gasteiger partial charge in [0.2, 0.25) is 0 Å². The minimum Gasteiger partial charge on any atom is -0.508 e. The average Bonchev–Trinajstić information content (AvgIpc) is 3.37. The highest BCUT2D eigenvalue weighted by Gasteiger charge is 2.46. The minimum absolute atomic E-state index is 0.0147. The van der Waals surface area contributed by atoms with Crippen LogP contribution in [0.4, 0.5) is 0 Å². The van der Waals surface area contributed by atoms with Crippen molar-refractivity contribution in [3.63, 3.8) is 0 Å². The maximum absolute atomic E-state index is 13.0. The molecule has 2 N–H and O–H groups in total. The molecule has 0 spiro atoms. The number of aliphatic hydroxyl groups is 1. The molecule has 0 radical (unpaired) electrons. The number of ketones is 1. The van der Waals surface area contributed by atoms with Crippen molar-refractivity contribution in [1.82, 2.24) is 4.90 Å². The molecule has 3 aromatic rings. The molecule has 158 valence electrons. The Bertz CT molecular complexity index is 1140. The second-order valence-corrected chi connectivity index (χ2v) is 8.09. The minimum atomic E-state index is -0.779. The van der Waals surface area contributed by atoms with Gasteiger partial charge in [0.25, 0.3) is 11.7 Å². The summed E-state index contributed by atoms with van der Waals surface area (Å²) in [5.41, 5.74) is 1.03. The number of hydrogen-bond donors (Lipinski definition) is 2. The van der Waals surface area contributed by atoms with Gasteiger partial charge < -0.3 is 19.8 Å². The number of ether oxygens (including phenoxy) is 1. The van der Waals surface area contributed by atoms with E-state index >= 15 is 0 Å². The topological polar surface area (TPSA) is 87.1 Å². The quantitative estimate of drug-likeness (QED) is 0.339. The van der Waals surface area contributed by atoms with Crippen LogP contribution in [0.1, 0.15) is 29.0 Å². The Morgan fingerprint density at radius 3 is 2.55 bits per heavy atom. The summed E-state index contributed by atoms with van der Waals surface area (Å²) >= 11 is 1.49. The number of nitrogens with zero attached hydrogens (tertiary/aromatic N) is 1. The molecule has 1 aliphatic rings. The van der Waals surface area contributed by atoms with Gasteiger partial charge in [0.1, 0.15) is 17.3 Å². The number of amides is 1. The van der Waals surface area contributed by atoms with Crippen LogP contribution in [-0.4, -0.2) is 33.4 Å². The zero-order valence-corrected chi connectivity index (χ0v) is 17.6. The van der Waals surface area contributed by atoms with Crippen molar-refractivity contribution in [3.8, 4) is 11.5 Å². The molecule has 0 saturated carbocycles. The summed E-state index contributed by atoms with van der Waals surface area (Å²) in [5.74, 6) is -1.04. The number of Topliss-reactive ketones (excluding diaryl/α,β-unsaturated/α-hetero) is 1. The molecule has 1 fully saturated rings. The lowest BCUT2D eigenvalue weighted by atomic mass is 9.95. The molecule has 0 aliphatic carbocycles. The van der Waals surface area contributed by atoms with Crippen LogP contribution in [-0.2, 0) is 16.1 Å². The van der Waals surface area contributed by atoms with Gasteiger partial charge in [0.15, 0.2) is 0 Å². The lowest BCUT2D eigenvalue weighted by Gasteiger charge is -2.25. The zero-order chi connectivity index (χ0) is 22.0. The molecular weight excluding hydrogens is 414 g/mol. The predicted molar refractivity (Wildman–Crippen MR) is 118 cm³/mol. The number of aliphatic hydroxyl groups excluding tert-OH is 1. The van der Waals surface area contributed by atoms with E-state index in [1.807, 2.05) is 24.4 Å². The SMILES string of the molecule is CCOc1cccc(/C(O)=C2/C(=O)C(=O)N(Cc3cccs3)C2c2ccc(O)cc2)c1. The highest BCUT2D eigenvalue weighted by Crippen LogP contribution is 2.41. The maximum atomic E-state index is 13.0. The first-order chi connectivity index (χ1) is 15.0. The predicted octanol–water partition coefficient (Wildman–Crippen LogP) is 4.47. The van der Waals surface area contributed by atoms with Crippen molar-refractivity contribution < 1.29 is 24.5 Å². The van der Waals surface area contributed by atoms with Crippen LogP contribution in [0.3, 0.4) is 0 Å². The van der Waals surface area contributed by atoms with E-state index in [1.165, 1.54) is 28.4 Å². The van der Waals surface area contributed by atoms with Gasteiger partial charge >= 0.3 is 0 Å². The van der Waals surface area contributed by atoms with Gasteiger partial charge in [-0.1, -0.05) is 30.3 Å². The molecule has 7 heteroatoms. The van der Waals surface area contributed by atoms with Crippen LogP contribution in [0.15, 0.2) is 71.6 Å². The fourth-order valence-corrected chi connectivity index (χ4v) is 4.37. The van der Waals surface area contributed by atoms with E-state index in [0.29, 0.717) is 23.5 Å². The second kappa shape index (κ2) is 8.65. The number of phenolic OH excluding ortho intramolecular Hbond substituents is 1. The molecule has 1 atom stereocenters. The van der Waals surface area contributed by atoms with Crippen LogP contribution in [0.5, 0.6) is 11.5 Å². The van der Waals surface area contributed by atoms with Crippen LogP contribution in [0, 0.1) is 0 Å². The summed E-state index contributed by atoms with van der Waals surface area (Å²) in [6.07, 6.45) is 0. The van der Waals surface area contributed by atoms with Crippen molar-refractivity contribution in [2.75, 3.05) is 6.61 Å². The molecular formula is C24H21NO5S. The van der Waals surface area contributed by atoms with E-state index in [-0.39, 0.29) is 23.6 Å². The molecule has 2 heterocycles.